The zero-order valence-electron chi connectivity index (χ0n) is 12.1. The maximum Gasteiger partial charge on any atom is 0.227 e. The molecule has 4 nitrogen and oxygen atoms in total. The number of nitrogens with two attached hydrogens (primary N) is 1. The fourth-order valence-electron chi connectivity index (χ4n) is 3.45. The van der Waals surface area contributed by atoms with E-state index in [1.165, 1.54) is 24.9 Å². The summed E-state index contributed by atoms with van der Waals surface area (Å²) < 4.78 is 0. The molecule has 2 N–H and O–H groups in total. The van der Waals surface area contributed by atoms with Gasteiger partial charge in [-0.3, -0.25) is 4.79 Å². The third-order valence-corrected chi connectivity index (χ3v) is 4.66. The largest absolute Gasteiger partial charge is 0.399 e. The van der Waals surface area contributed by atoms with E-state index in [1.54, 1.807) is 0 Å². The summed E-state index contributed by atoms with van der Waals surface area (Å²) >= 11 is 0. The predicted molar refractivity (Wildman–Crippen MR) is 81.8 cm³/mol. The van der Waals surface area contributed by atoms with E-state index in [-0.39, 0.29) is 5.91 Å². The second-order valence-electron chi connectivity index (χ2n) is 6.00. The monoisotopic (exact) mass is 273 g/mol. The highest BCUT2D eigenvalue weighted by molar-refractivity contribution is 5.96. The summed E-state index contributed by atoms with van der Waals surface area (Å²) in [5, 5.41) is 0. The van der Waals surface area contributed by atoms with Crippen molar-refractivity contribution in [1.29, 1.82) is 0 Å². The van der Waals surface area contributed by atoms with Crippen LogP contribution in [-0.4, -0.2) is 37.0 Å². The lowest BCUT2D eigenvalue weighted by Crippen LogP contribution is -2.38. The number of likely N-dealkylation sites (tertiary alicyclic amines) is 1. The Bertz CT molecular complexity index is 514. The molecule has 1 unspecified atom stereocenters. The van der Waals surface area contributed by atoms with Crippen molar-refractivity contribution in [3.63, 3.8) is 0 Å². The number of anilines is 2. The predicted octanol–water partition coefficient (Wildman–Crippen LogP) is 2.03. The highest BCUT2D eigenvalue weighted by Crippen LogP contribution is 2.30. The molecule has 4 heteroatoms. The number of amides is 1. The van der Waals surface area contributed by atoms with Gasteiger partial charge in [0.25, 0.3) is 0 Å². The molecule has 2 aliphatic heterocycles. The number of nitrogens with zero attached hydrogens (tertiary/aromatic N) is 2. The molecule has 20 heavy (non-hydrogen) atoms. The van der Waals surface area contributed by atoms with Crippen LogP contribution < -0.4 is 10.6 Å². The molecule has 2 heterocycles. The van der Waals surface area contributed by atoms with Crippen LogP contribution in [0.4, 0.5) is 11.4 Å². The van der Waals surface area contributed by atoms with Crippen molar-refractivity contribution in [2.75, 3.05) is 30.8 Å². The van der Waals surface area contributed by atoms with Gasteiger partial charge in [-0.05, 0) is 63.0 Å². The van der Waals surface area contributed by atoms with Crippen LogP contribution in [0.1, 0.15) is 31.2 Å². The van der Waals surface area contributed by atoms with Gasteiger partial charge in [0.2, 0.25) is 5.91 Å². The summed E-state index contributed by atoms with van der Waals surface area (Å²) in [5.41, 5.74) is 8.91. The Morgan fingerprint density at radius 2 is 2.20 bits per heavy atom. The Balaban J connectivity index is 1.74. The summed E-state index contributed by atoms with van der Waals surface area (Å²) in [6.45, 7) is 2.01. The molecule has 0 bridgehead atoms. The fourth-order valence-corrected chi connectivity index (χ4v) is 3.45. The molecule has 3 rings (SSSR count). The molecular weight excluding hydrogens is 250 g/mol. The molecular formula is C16H23N3O. The summed E-state index contributed by atoms with van der Waals surface area (Å²) in [5.74, 6) is 0.253. The average Bonchev–Trinajstić information content (AvgIpc) is 2.83. The number of fused-ring (bicyclic) bond motifs is 1. The molecule has 1 aromatic carbocycles. The van der Waals surface area contributed by atoms with E-state index in [1.807, 2.05) is 23.1 Å². The topological polar surface area (TPSA) is 49.6 Å². The first kappa shape index (κ1) is 13.4. The van der Waals surface area contributed by atoms with Crippen molar-refractivity contribution in [2.45, 2.75) is 38.1 Å². The van der Waals surface area contributed by atoms with Crippen LogP contribution >= 0.6 is 0 Å². The van der Waals surface area contributed by atoms with Crippen molar-refractivity contribution in [3.05, 3.63) is 23.8 Å². The van der Waals surface area contributed by atoms with E-state index < -0.39 is 0 Å². The lowest BCUT2D eigenvalue weighted by atomic mass is 9.99. The molecule has 1 atom stereocenters. The Morgan fingerprint density at radius 3 is 2.95 bits per heavy atom. The van der Waals surface area contributed by atoms with Gasteiger partial charge in [-0.2, -0.15) is 0 Å². The molecule has 0 saturated carbocycles. The van der Waals surface area contributed by atoms with E-state index in [4.69, 9.17) is 5.73 Å². The zero-order chi connectivity index (χ0) is 14.1. The first-order chi connectivity index (χ1) is 9.65. The Morgan fingerprint density at radius 1 is 1.35 bits per heavy atom. The zero-order valence-corrected chi connectivity index (χ0v) is 12.1. The minimum absolute atomic E-state index is 0.253. The Hall–Kier alpha value is -1.55. The molecule has 0 spiro atoms. The summed E-state index contributed by atoms with van der Waals surface area (Å²) in [7, 11) is 2.18. The molecule has 1 fully saturated rings. The van der Waals surface area contributed by atoms with Crippen molar-refractivity contribution >= 4 is 17.3 Å². The van der Waals surface area contributed by atoms with Crippen molar-refractivity contribution in [1.82, 2.24) is 4.90 Å². The molecule has 108 valence electrons. The third-order valence-electron chi connectivity index (χ3n) is 4.66. The lowest BCUT2D eigenvalue weighted by Gasteiger charge is -2.31. The third kappa shape index (κ3) is 2.52. The number of rotatable bonds is 3. The second kappa shape index (κ2) is 5.44. The van der Waals surface area contributed by atoms with E-state index in [0.29, 0.717) is 12.5 Å². The molecule has 1 saturated heterocycles. The Kier molecular flexibility index (Phi) is 3.66. The minimum atomic E-state index is 0.253. The van der Waals surface area contributed by atoms with Crippen LogP contribution in [0.25, 0.3) is 0 Å². The van der Waals surface area contributed by atoms with Crippen LogP contribution in [0.15, 0.2) is 18.2 Å². The van der Waals surface area contributed by atoms with E-state index in [0.717, 1.165) is 30.8 Å². The molecule has 1 amide bonds. The van der Waals surface area contributed by atoms with E-state index in [9.17, 15) is 4.79 Å². The van der Waals surface area contributed by atoms with Crippen LogP contribution in [-0.2, 0) is 11.2 Å². The highest BCUT2D eigenvalue weighted by atomic mass is 16.2. The number of carbonyl (C=O) groups excluding carboxylic acids is 1. The van der Waals surface area contributed by atoms with Crippen LogP contribution in [0.5, 0.6) is 0 Å². The average molecular weight is 273 g/mol. The lowest BCUT2D eigenvalue weighted by molar-refractivity contribution is -0.118. The maximum absolute atomic E-state index is 12.2. The van der Waals surface area contributed by atoms with E-state index >= 15 is 0 Å². The van der Waals surface area contributed by atoms with Crippen LogP contribution in [0.3, 0.4) is 0 Å². The van der Waals surface area contributed by atoms with Gasteiger partial charge >= 0.3 is 0 Å². The summed E-state index contributed by atoms with van der Waals surface area (Å²) in [6.07, 6.45) is 5.03. The number of benzene rings is 1. The quantitative estimate of drug-likeness (QED) is 0.857. The standard InChI is InChI=1S/C16H23N3O/c1-18-9-2-3-14(18)8-10-19-15-6-5-13(17)11-12(15)4-7-16(19)20/h5-6,11,14H,2-4,7-10,17H2,1H3. The molecule has 0 radical (unpaired) electrons. The summed E-state index contributed by atoms with van der Waals surface area (Å²) in [6, 6.07) is 6.53. The second-order valence-corrected chi connectivity index (χ2v) is 6.00. The van der Waals surface area contributed by atoms with Gasteiger partial charge in [0.1, 0.15) is 0 Å². The number of carbonyl (C=O) groups is 1. The number of nitrogen functional groups attached to an aromatic ring is 1. The van der Waals surface area contributed by atoms with Crippen LogP contribution in [0, 0.1) is 0 Å². The molecule has 0 aromatic heterocycles. The van der Waals surface area contributed by atoms with Gasteiger partial charge in [-0.25, -0.2) is 0 Å². The normalized spacial score (nSPS) is 23.1. The molecule has 1 aromatic rings. The minimum Gasteiger partial charge on any atom is -0.399 e. The Labute approximate surface area is 120 Å². The highest BCUT2D eigenvalue weighted by Gasteiger charge is 2.27. The van der Waals surface area contributed by atoms with Crippen molar-refractivity contribution in [2.24, 2.45) is 0 Å². The van der Waals surface area contributed by atoms with Gasteiger partial charge in [0, 0.05) is 30.4 Å². The summed E-state index contributed by atoms with van der Waals surface area (Å²) in [4.78, 5) is 16.6. The van der Waals surface area contributed by atoms with Crippen LogP contribution in [0.2, 0.25) is 0 Å². The number of hydrogen-bond acceptors (Lipinski definition) is 3. The smallest absolute Gasteiger partial charge is 0.227 e. The number of aryl methyl sites for hydroxylation is 1. The maximum atomic E-state index is 12.2. The van der Waals surface area contributed by atoms with Gasteiger partial charge in [-0.15, -0.1) is 0 Å². The SMILES string of the molecule is CN1CCCC1CCN1C(=O)CCc2cc(N)ccc21. The van der Waals surface area contributed by atoms with Crippen molar-refractivity contribution < 1.29 is 4.79 Å². The first-order valence-corrected chi connectivity index (χ1v) is 7.54. The van der Waals surface area contributed by atoms with Gasteiger partial charge in [-0.1, -0.05) is 0 Å². The van der Waals surface area contributed by atoms with Gasteiger partial charge in [0.05, 0.1) is 0 Å². The first-order valence-electron chi connectivity index (χ1n) is 7.54. The number of hydrogen-bond donors (Lipinski definition) is 1. The molecule has 2 aliphatic rings. The van der Waals surface area contributed by atoms with Crippen molar-refractivity contribution in [3.8, 4) is 0 Å². The fraction of sp³-hybridized carbons (Fsp3) is 0.562. The van der Waals surface area contributed by atoms with Gasteiger partial charge < -0.3 is 15.5 Å². The van der Waals surface area contributed by atoms with E-state index in [2.05, 4.69) is 11.9 Å². The van der Waals surface area contributed by atoms with Gasteiger partial charge in [0.15, 0.2) is 0 Å². The molecule has 0 aliphatic carbocycles.